The molecule has 0 spiro atoms. The summed E-state index contributed by atoms with van der Waals surface area (Å²) in [5, 5.41) is 8.25. The summed E-state index contributed by atoms with van der Waals surface area (Å²) in [5.74, 6) is -1.23. The van der Waals surface area contributed by atoms with Crippen LogP contribution in [0.3, 0.4) is 0 Å². The summed E-state index contributed by atoms with van der Waals surface area (Å²) in [6, 6.07) is 7.28. The van der Waals surface area contributed by atoms with Crippen molar-refractivity contribution in [3.8, 4) is 0 Å². The molecular weight excluding hydrogens is 544 g/mol. The Morgan fingerprint density at radius 2 is 1.48 bits per heavy atom. The van der Waals surface area contributed by atoms with Crippen LogP contribution in [0, 0.1) is 11.8 Å². The van der Waals surface area contributed by atoms with Crippen molar-refractivity contribution in [1.29, 1.82) is 0 Å². The Hall–Kier alpha value is -3.64. The van der Waals surface area contributed by atoms with E-state index in [1.165, 1.54) is 0 Å². The average molecular weight is 589 g/mol. The van der Waals surface area contributed by atoms with Crippen molar-refractivity contribution in [3.05, 3.63) is 29.8 Å². The molecular formula is C30H44N4O8. The summed E-state index contributed by atoms with van der Waals surface area (Å²) < 4.78 is 10.8. The minimum Gasteiger partial charge on any atom is -0.379 e. The van der Waals surface area contributed by atoms with Crippen LogP contribution in [0.15, 0.2) is 24.3 Å². The molecule has 42 heavy (non-hydrogen) atoms. The number of likely N-dealkylation sites (tertiary alicyclic amines) is 1. The van der Waals surface area contributed by atoms with Crippen LogP contribution >= 0.6 is 0 Å². The highest BCUT2D eigenvalue weighted by molar-refractivity contribution is 6.03. The van der Waals surface area contributed by atoms with Gasteiger partial charge >= 0.3 is 0 Å². The Kier molecular flexibility index (Phi) is 15.4. The van der Waals surface area contributed by atoms with E-state index in [0.717, 1.165) is 10.5 Å². The Morgan fingerprint density at radius 1 is 0.833 bits per heavy atom. The van der Waals surface area contributed by atoms with Crippen LogP contribution in [0.4, 0.5) is 5.69 Å². The number of ketones is 1. The van der Waals surface area contributed by atoms with E-state index in [-0.39, 0.29) is 86.2 Å². The second-order valence-corrected chi connectivity index (χ2v) is 10.5. The number of carbonyl (C=O) groups excluding carboxylic acids is 6. The van der Waals surface area contributed by atoms with E-state index >= 15 is 0 Å². The maximum atomic E-state index is 12.2. The molecule has 12 nitrogen and oxygen atoms in total. The first-order valence-corrected chi connectivity index (χ1v) is 14.5. The van der Waals surface area contributed by atoms with Gasteiger partial charge in [-0.25, -0.2) is 0 Å². The molecule has 1 aliphatic heterocycles. The Balaban J connectivity index is 1.45. The van der Waals surface area contributed by atoms with Gasteiger partial charge in [-0.3, -0.25) is 33.7 Å². The number of amides is 5. The molecule has 0 aromatic heterocycles. The number of anilines is 1. The van der Waals surface area contributed by atoms with Crippen LogP contribution in [-0.2, 0) is 44.7 Å². The molecule has 3 N–H and O–H groups in total. The van der Waals surface area contributed by atoms with E-state index in [9.17, 15) is 28.8 Å². The van der Waals surface area contributed by atoms with Crippen molar-refractivity contribution >= 4 is 41.0 Å². The molecule has 1 aliphatic rings. The number of hydrogen-bond donors (Lipinski definition) is 3. The number of nitrogens with one attached hydrogen (secondary N) is 3. The molecule has 1 saturated heterocycles. The molecule has 1 atom stereocenters. The van der Waals surface area contributed by atoms with Gasteiger partial charge in [0.1, 0.15) is 5.78 Å². The van der Waals surface area contributed by atoms with E-state index in [0.29, 0.717) is 51.3 Å². The van der Waals surface area contributed by atoms with Crippen LogP contribution in [0.1, 0.15) is 58.4 Å². The molecule has 1 fully saturated rings. The standard InChI is InChI=1S/C30H44N4O8/c1-21(2)25(35)10-13-31-26(36)9-6-23-4-7-24(8-5-23)33-28(38)12-16-41-18-19-42-17-14-32-27(37)11-15-34-29(39)20-22(3)30(34)40/h4-5,7-8,21-22H,6,9-20H2,1-3H3,(H,31,36)(H,32,37)(H,33,38). The smallest absolute Gasteiger partial charge is 0.232 e. The van der Waals surface area contributed by atoms with Gasteiger partial charge in [0, 0.05) is 62.8 Å². The second-order valence-electron chi connectivity index (χ2n) is 10.5. The zero-order valence-electron chi connectivity index (χ0n) is 24.9. The topological polar surface area (TPSA) is 160 Å². The lowest BCUT2D eigenvalue weighted by Gasteiger charge is -2.14. The van der Waals surface area contributed by atoms with Gasteiger partial charge in [-0.1, -0.05) is 32.9 Å². The maximum absolute atomic E-state index is 12.2. The van der Waals surface area contributed by atoms with Crippen molar-refractivity contribution < 1.29 is 38.2 Å². The lowest BCUT2D eigenvalue weighted by Crippen LogP contribution is -2.35. The molecule has 1 unspecified atom stereocenters. The highest BCUT2D eigenvalue weighted by Crippen LogP contribution is 2.18. The van der Waals surface area contributed by atoms with E-state index in [1.54, 1.807) is 19.1 Å². The lowest BCUT2D eigenvalue weighted by molar-refractivity contribution is -0.139. The summed E-state index contributed by atoms with van der Waals surface area (Å²) >= 11 is 0. The fraction of sp³-hybridized carbons (Fsp3) is 0.600. The third-order valence-corrected chi connectivity index (χ3v) is 6.66. The summed E-state index contributed by atoms with van der Waals surface area (Å²) in [6.07, 6.45) is 1.66. The molecule has 2 rings (SSSR count). The number of rotatable bonds is 20. The first-order valence-electron chi connectivity index (χ1n) is 14.5. The fourth-order valence-corrected chi connectivity index (χ4v) is 4.07. The SMILES string of the molecule is CC(C)C(=O)CCNC(=O)CCc1ccc(NC(=O)CCOCCOCCNC(=O)CCN2C(=O)CC(C)C2=O)cc1. The van der Waals surface area contributed by atoms with Gasteiger partial charge in [-0.05, 0) is 24.1 Å². The predicted molar refractivity (Wildman–Crippen MR) is 155 cm³/mol. The van der Waals surface area contributed by atoms with Gasteiger partial charge in [0.25, 0.3) is 0 Å². The fourth-order valence-electron chi connectivity index (χ4n) is 4.07. The summed E-state index contributed by atoms with van der Waals surface area (Å²) in [6.45, 7) is 7.25. The number of ether oxygens (including phenoxy) is 2. The molecule has 5 amide bonds. The molecule has 0 radical (unpaired) electrons. The third-order valence-electron chi connectivity index (χ3n) is 6.66. The largest absolute Gasteiger partial charge is 0.379 e. The van der Waals surface area contributed by atoms with E-state index in [1.807, 2.05) is 26.0 Å². The van der Waals surface area contributed by atoms with Crippen LogP contribution < -0.4 is 16.0 Å². The Labute approximate surface area is 247 Å². The first kappa shape index (κ1) is 34.6. The van der Waals surface area contributed by atoms with Crippen molar-refractivity contribution in [1.82, 2.24) is 15.5 Å². The number of hydrogen-bond acceptors (Lipinski definition) is 8. The highest BCUT2D eigenvalue weighted by atomic mass is 16.5. The average Bonchev–Trinajstić information content (AvgIpc) is 3.20. The summed E-state index contributed by atoms with van der Waals surface area (Å²) in [7, 11) is 0. The van der Waals surface area contributed by atoms with Crippen LogP contribution in [0.5, 0.6) is 0 Å². The molecule has 12 heteroatoms. The molecule has 0 bridgehead atoms. The summed E-state index contributed by atoms with van der Waals surface area (Å²) in [5.41, 5.74) is 1.62. The predicted octanol–water partition coefficient (Wildman–Crippen LogP) is 1.61. The van der Waals surface area contributed by atoms with Gasteiger partial charge in [0.15, 0.2) is 0 Å². The maximum Gasteiger partial charge on any atom is 0.232 e. The van der Waals surface area contributed by atoms with Gasteiger partial charge in [0.05, 0.1) is 32.8 Å². The Bertz CT molecular complexity index is 1070. The first-order chi connectivity index (χ1) is 20.1. The monoisotopic (exact) mass is 588 g/mol. The molecule has 1 heterocycles. The summed E-state index contributed by atoms with van der Waals surface area (Å²) in [4.78, 5) is 72.3. The third kappa shape index (κ3) is 13.3. The van der Waals surface area contributed by atoms with Gasteiger partial charge in [0.2, 0.25) is 29.5 Å². The van der Waals surface area contributed by atoms with Crippen LogP contribution in [-0.4, -0.2) is 86.3 Å². The van der Waals surface area contributed by atoms with Crippen molar-refractivity contribution in [2.24, 2.45) is 11.8 Å². The number of carbonyl (C=O) groups is 6. The highest BCUT2D eigenvalue weighted by Gasteiger charge is 2.35. The van der Waals surface area contributed by atoms with E-state index in [4.69, 9.17) is 9.47 Å². The van der Waals surface area contributed by atoms with Gasteiger partial charge in [-0.2, -0.15) is 0 Å². The molecule has 0 saturated carbocycles. The minimum atomic E-state index is -0.317. The lowest BCUT2D eigenvalue weighted by atomic mass is 10.1. The molecule has 232 valence electrons. The van der Waals surface area contributed by atoms with E-state index < -0.39 is 0 Å². The second kappa shape index (κ2) is 18.7. The van der Waals surface area contributed by atoms with Crippen LogP contribution in [0.2, 0.25) is 0 Å². The van der Waals surface area contributed by atoms with Crippen molar-refractivity contribution in [3.63, 3.8) is 0 Å². The zero-order valence-corrected chi connectivity index (χ0v) is 24.9. The number of imide groups is 1. The van der Waals surface area contributed by atoms with Crippen LogP contribution in [0.25, 0.3) is 0 Å². The quantitative estimate of drug-likeness (QED) is 0.153. The van der Waals surface area contributed by atoms with Gasteiger partial charge < -0.3 is 25.4 Å². The number of nitrogens with zero attached hydrogens (tertiary/aromatic N) is 1. The molecule has 1 aromatic rings. The number of benzene rings is 1. The molecule has 0 aliphatic carbocycles. The normalized spacial score (nSPS) is 14.8. The number of aryl methyl sites for hydroxylation is 1. The van der Waals surface area contributed by atoms with Gasteiger partial charge in [-0.15, -0.1) is 0 Å². The number of Topliss-reactive ketones (excluding diaryl/α,β-unsaturated/α-hetero) is 1. The van der Waals surface area contributed by atoms with Crippen molar-refractivity contribution in [2.75, 3.05) is 51.4 Å². The minimum absolute atomic E-state index is 0.0286. The molecule has 1 aromatic carbocycles. The zero-order chi connectivity index (χ0) is 30.9. The Morgan fingerprint density at radius 3 is 2.12 bits per heavy atom. The van der Waals surface area contributed by atoms with Crippen molar-refractivity contribution in [2.45, 2.75) is 59.3 Å². The van der Waals surface area contributed by atoms with E-state index in [2.05, 4.69) is 16.0 Å².